The van der Waals surface area contributed by atoms with Crippen LogP contribution >= 0.6 is 0 Å². The lowest BCUT2D eigenvalue weighted by Crippen LogP contribution is -2.32. The molecule has 4 nitrogen and oxygen atoms in total. The smallest absolute Gasteiger partial charge is 0.220 e. The minimum Gasteiger partial charge on any atom is -0.490 e. The molecule has 2 atom stereocenters. The largest absolute Gasteiger partial charge is 0.490 e. The van der Waals surface area contributed by atoms with E-state index in [0.717, 1.165) is 0 Å². The number of carbonyl (C=O) groups excluding carboxylic acids is 1. The molecule has 2 N–H and O–H groups in total. The molecule has 0 spiro atoms. The van der Waals surface area contributed by atoms with E-state index in [9.17, 15) is 14.3 Å². The van der Waals surface area contributed by atoms with Gasteiger partial charge in [0.05, 0.1) is 18.8 Å². The van der Waals surface area contributed by atoms with Gasteiger partial charge in [-0.15, -0.1) is 0 Å². The van der Waals surface area contributed by atoms with E-state index in [2.05, 4.69) is 5.32 Å². The van der Waals surface area contributed by atoms with Gasteiger partial charge in [0.1, 0.15) is 0 Å². The van der Waals surface area contributed by atoms with Crippen LogP contribution in [0.2, 0.25) is 0 Å². The predicted octanol–water partition coefficient (Wildman–Crippen LogP) is 2.23. The molecule has 0 bridgehead atoms. The molecule has 0 saturated heterocycles. The van der Waals surface area contributed by atoms with Crippen LogP contribution in [0.25, 0.3) is 0 Å². The molecular formula is C14H18FNO3. The number of nitrogens with one attached hydrogen (secondary N) is 1. The van der Waals surface area contributed by atoms with E-state index in [-0.39, 0.29) is 17.7 Å². The zero-order chi connectivity index (χ0) is 14.0. The summed E-state index contributed by atoms with van der Waals surface area (Å²) in [5.74, 6) is -0.401. The average Bonchev–Trinajstić information content (AvgIpc) is 2.39. The average molecular weight is 267 g/mol. The molecule has 1 aromatic rings. The van der Waals surface area contributed by atoms with Crippen molar-refractivity contribution in [3.8, 4) is 5.75 Å². The summed E-state index contributed by atoms with van der Waals surface area (Å²) >= 11 is 0. The van der Waals surface area contributed by atoms with Crippen molar-refractivity contribution in [3.05, 3.63) is 29.1 Å². The molecule has 0 radical (unpaired) electrons. The van der Waals surface area contributed by atoms with Crippen LogP contribution in [0.5, 0.6) is 5.75 Å². The Morgan fingerprint density at radius 2 is 2.37 bits per heavy atom. The minimum atomic E-state index is -0.760. The summed E-state index contributed by atoms with van der Waals surface area (Å²) in [5.41, 5.74) is 1.08. The molecule has 19 heavy (non-hydrogen) atoms. The predicted molar refractivity (Wildman–Crippen MR) is 68.3 cm³/mol. The van der Waals surface area contributed by atoms with Crippen LogP contribution in [0.1, 0.15) is 50.0 Å². The summed E-state index contributed by atoms with van der Waals surface area (Å²) in [6.45, 7) is 3.71. The number of aliphatic hydroxyl groups excluding tert-OH is 1. The van der Waals surface area contributed by atoms with Gasteiger partial charge in [-0.2, -0.15) is 0 Å². The van der Waals surface area contributed by atoms with Gasteiger partial charge < -0.3 is 15.2 Å². The molecule has 0 aromatic heterocycles. The summed E-state index contributed by atoms with van der Waals surface area (Å²) in [7, 11) is 0. The molecule has 5 heteroatoms. The molecule has 0 fully saturated rings. The highest BCUT2D eigenvalue weighted by molar-refractivity contribution is 5.76. The lowest BCUT2D eigenvalue weighted by molar-refractivity contribution is -0.121. The lowest BCUT2D eigenvalue weighted by Gasteiger charge is -2.28. The Kier molecular flexibility index (Phi) is 4.04. The van der Waals surface area contributed by atoms with Crippen LogP contribution < -0.4 is 10.1 Å². The molecule has 2 unspecified atom stereocenters. The minimum absolute atomic E-state index is 0.0827. The number of amides is 1. The fourth-order valence-corrected chi connectivity index (χ4v) is 2.17. The van der Waals surface area contributed by atoms with Crippen LogP contribution in [0.15, 0.2) is 12.1 Å². The van der Waals surface area contributed by atoms with Crippen LogP contribution in [0, 0.1) is 5.82 Å². The first-order valence-electron chi connectivity index (χ1n) is 6.46. The van der Waals surface area contributed by atoms with Gasteiger partial charge in [-0.25, -0.2) is 4.39 Å². The SMILES string of the molecule is CCC(=O)NC1CCOc2c(F)cc(C(C)O)cc21. The fourth-order valence-electron chi connectivity index (χ4n) is 2.17. The summed E-state index contributed by atoms with van der Waals surface area (Å²) < 4.78 is 19.3. The van der Waals surface area contributed by atoms with Crippen molar-refractivity contribution in [2.75, 3.05) is 6.61 Å². The van der Waals surface area contributed by atoms with Crippen LogP contribution in [0.3, 0.4) is 0 Å². The normalized spacial score (nSPS) is 19.3. The third kappa shape index (κ3) is 2.87. The van der Waals surface area contributed by atoms with Gasteiger partial charge in [0.25, 0.3) is 0 Å². The number of benzene rings is 1. The zero-order valence-electron chi connectivity index (χ0n) is 11.1. The van der Waals surface area contributed by atoms with Crippen LogP contribution in [0.4, 0.5) is 4.39 Å². The number of hydrogen-bond donors (Lipinski definition) is 2. The molecule has 1 amide bonds. The van der Waals surface area contributed by atoms with E-state index < -0.39 is 11.9 Å². The van der Waals surface area contributed by atoms with Gasteiger partial charge in [-0.05, 0) is 24.6 Å². The summed E-state index contributed by atoms with van der Waals surface area (Å²) in [6.07, 6.45) is 0.219. The number of aliphatic hydroxyl groups is 1. The molecule has 2 rings (SSSR count). The zero-order valence-corrected chi connectivity index (χ0v) is 11.1. The van der Waals surface area contributed by atoms with Gasteiger partial charge in [0.15, 0.2) is 11.6 Å². The molecule has 0 aliphatic carbocycles. The maximum Gasteiger partial charge on any atom is 0.220 e. The highest BCUT2D eigenvalue weighted by atomic mass is 19.1. The van der Waals surface area contributed by atoms with Crippen molar-refractivity contribution in [1.29, 1.82) is 0 Å². The van der Waals surface area contributed by atoms with Gasteiger partial charge in [-0.1, -0.05) is 6.92 Å². The Balaban J connectivity index is 2.38. The van der Waals surface area contributed by atoms with Crippen molar-refractivity contribution < 1.29 is 19.0 Å². The van der Waals surface area contributed by atoms with Crippen LogP contribution in [-0.2, 0) is 4.79 Å². The summed E-state index contributed by atoms with van der Waals surface area (Å²) in [4.78, 5) is 11.5. The third-order valence-corrected chi connectivity index (χ3v) is 3.26. The van der Waals surface area contributed by atoms with E-state index in [0.29, 0.717) is 30.6 Å². The van der Waals surface area contributed by atoms with Gasteiger partial charge in [0.2, 0.25) is 5.91 Å². The van der Waals surface area contributed by atoms with Crippen molar-refractivity contribution in [3.63, 3.8) is 0 Å². The Labute approximate surface area is 111 Å². The van der Waals surface area contributed by atoms with Gasteiger partial charge in [0, 0.05) is 18.4 Å². The Hall–Kier alpha value is -1.62. The van der Waals surface area contributed by atoms with Crippen LogP contribution in [-0.4, -0.2) is 17.6 Å². The maximum absolute atomic E-state index is 13.9. The first-order valence-corrected chi connectivity index (χ1v) is 6.46. The van der Waals surface area contributed by atoms with Crippen molar-refractivity contribution in [2.24, 2.45) is 0 Å². The number of carbonyl (C=O) groups is 1. The van der Waals surface area contributed by atoms with Gasteiger partial charge >= 0.3 is 0 Å². The molecule has 1 aliphatic heterocycles. The number of hydrogen-bond acceptors (Lipinski definition) is 3. The number of fused-ring (bicyclic) bond motifs is 1. The fraction of sp³-hybridized carbons (Fsp3) is 0.500. The second-order valence-corrected chi connectivity index (χ2v) is 4.71. The standard InChI is InChI=1S/C14H18FNO3/c1-3-13(18)16-12-4-5-19-14-10(12)6-9(8(2)17)7-11(14)15/h6-8,12,17H,3-5H2,1-2H3,(H,16,18). The first kappa shape index (κ1) is 13.8. The molecule has 1 aromatic carbocycles. The lowest BCUT2D eigenvalue weighted by atomic mass is 9.96. The van der Waals surface area contributed by atoms with Crippen molar-refractivity contribution in [2.45, 2.75) is 38.8 Å². The van der Waals surface area contributed by atoms with E-state index in [1.165, 1.54) is 6.07 Å². The second kappa shape index (κ2) is 5.57. The van der Waals surface area contributed by atoms with Crippen molar-refractivity contribution in [1.82, 2.24) is 5.32 Å². The maximum atomic E-state index is 13.9. The third-order valence-electron chi connectivity index (χ3n) is 3.26. The summed E-state index contributed by atoms with van der Waals surface area (Å²) in [6, 6.07) is 2.71. The Morgan fingerprint density at radius 1 is 1.63 bits per heavy atom. The Bertz CT molecular complexity index is 488. The van der Waals surface area contributed by atoms with Gasteiger partial charge in [-0.3, -0.25) is 4.79 Å². The quantitative estimate of drug-likeness (QED) is 0.883. The van der Waals surface area contributed by atoms with E-state index >= 15 is 0 Å². The molecule has 0 saturated carbocycles. The highest BCUT2D eigenvalue weighted by Crippen LogP contribution is 2.36. The van der Waals surface area contributed by atoms with E-state index in [1.54, 1.807) is 19.9 Å². The topological polar surface area (TPSA) is 58.6 Å². The molecule has 1 aliphatic rings. The monoisotopic (exact) mass is 267 g/mol. The van der Waals surface area contributed by atoms with E-state index in [1.807, 2.05) is 0 Å². The second-order valence-electron chi connectivity index (χ2n) is 4.71. The molecule has 104 valence electrons. The van der Waals surface area contributed by atoms with E-state index in [4.69, 9.17) is 4.74 Å². The number of halogens is 1. The summed E-state index contributed by atoms with van der Waals surface area (Å²) in [5, 5.41) is 12.4. The number of ether oxygens (including phenoxy) is 1. The molecular weight excluding hydrogens is 249 g/mol. The molecule has 1 heterocycles. The van der Waals surface area contributed by atoms with Crippen molar-refractivity contribution >= 4 is 5.91 Å². The first-order chi connectivity index (χ1) is 9.02. The number of rotatable bonds is 3. The highest BCUT2D eigenvalue weighted by Gasteiger charge is 2.26. The Morgan fingerprint density at radius 3 is 3.00 bits per heavy atom.